The molecule has 0 aliphatic rings. The monoisotopic (exact) mass is 690 g/mol. The first-order valence-electron chi connectivity index (χ1n) is 11.0. The summed E-state index contributed by atoms with van der Waals surface area (Å²) < 4.78 is 0. The van der Waals surface area contributed by atoms with Gasteiger partial charge in [0.2, 0.25) is 0 Å². The molecule has 0 unspecified atom stereocenters. The number of anilines is 4. The highest BCUT2D eigenvalue weighted by Gasteiger charge is 2.22. The number of carbonyl (C=O) groups is 2. The largest absolute Gasteiger partial charge is 0.867 e. The highest BCUT2D eigenvalue weighted by molar-refractivity contribution is 5.93. The van der Waals surface area contributed by atoms with Crippen LogP contribution in [0.3, 0.4) is 0 Å². The van der Waals surface area contributed by atoms with Gasteiger partial charge in [0.1, 0.15) is 0 Å². The molecular weight excluding hydrogens is 668 g/mol. The van der Waals surface area contributed by atoms with Crippen molar-refractivity contribution in [3.8, 4) is 11.5 Å². The molecule has 0 fully saturated rings. The number of nitro groups is 4. The molecule has 2 aromatic heterocycles. The van der Waals surface area contributed by atoms with Gasteiger partial charge in [-0.1, -0.05) is 0 Å². The highest BCUT2D eigenvalue weighted by Crippen LogP contribution is 2.33. The van der Waals surface area contributed by atoms with Crippen LogP contribution in [0.15, 0.2) is 24.3 Å². The average Bonchev–Trinajstić information content (AvgIpc) is 3.53. The van der Waals surface area contributed by atoms with Crippen LogP contribution in [0, 0.1) is 40.5 Å². The van der Waals surface area contributed by atoms with Crippen molar-refractivity contribution >= 4 is 58.5 Å². The van der Waals surface area contributed by atoms with Crippen LogP contribution in [0.5, 0.6) is 11.5 Å². The normalized spacial score (nSPS) is 9.17. The van der Waals surface area contributed by atoms with Crippen molar-refractivity contribution in [3.05, 3.63) is 75.8 Å². The minimum atomic E-state index is -1.75. The first-order valence-corrected chi connectivity index (χ1v) is 11.0. The van der Waals surface area contributed by atoms with Gasteiger partial charge in [-0.05, 0) is 21.7 Å². The maximum absolute atomic E-state index is 11.2. The number of nitrogens with two attached hydrogens (primary N) is 4. The lowest BCUT2D eigenvalue weighted by atomic mass is 10.1. The molecule has 30 heteroatoms. The van der Waals surface area contributed by atoms with Gasteiger partial charge in [-0.2, -0.15) is 10.2 Å². The summed E-state index contributed by atoms with van der Waals surface area (Å²) in [6.45, 7) is 0. The summed E-state index contributed by atoms with van der Waals surface area (Å²) >= 11 is 0. The number of aromatic amines is 4. The fraction of sp³-hybridized carbons (Fsp3) is 0. The fourth-order valence-corrected chi connectivity index (χ4v) is 2.63. The number of hydrogen-bond donors (Lipinski definition) is 8. The second kappa shape index (κ2) is 17.9. The molecule has 0 atom stereocenters. The van der Waals surface area contributed by atoms with E-state index in [-0.39, 0.29) is 11.0 Å². The molecule has 18 N–H and O–H groups in total. The number of carboxylic acids is 2. The standard InChI is InChI=1S/2C7H4N2O7.2C2H5N5.2H2O/c2*10-6-4(7(11)12)1-3(8(13)14)2-5(6)9(15)16;2*3-1-5-2(4)7-6-1;;/h2*1-2,10H,(H,11,12);2*(H5,3,4,5,6,7);2*1H2. The second-order valence-corrected chi connectivity index (χ2v) is 7.62. The lowest BCUT2D eigenvalue weighted by Crippen LogP contribution is -2.10. The van der Waals surface area contributed by atoms with Crippen LogP contribution in [0.2, 0.25) is 0 Å². The predicted molar refractivity (Wildman–Crippen MR) is 147 cm³/mol. The molecule has 0 spiro atoms. The molecule has 0 aliphatic heterocycles. The third-order valence-corrected chi connectivity index (χ3v) is 4.50. The van der Waals surface area contributed by atoms with Crippen molar-refractivity contribution in [3.63, 3.8) is 0 Å². The van der Waals surface area contributed by atoms with Crippen LogP contribution in [-0.4, -0.2) is 73.2 Å². The van der Waals surface area contributed by atoms with Gasteiger partial charge >= 0.3 is 35.7 Å². The fourth-order valence-electron chi connectivity index (χ4n) is 2.63. The summed E-state index contributed by atoms with van der Waals surface area (Å²) in [4.78, 5) is 63.2. The van der Waals surface area contributed by atoms with Crippen molar-refractivity contribution < 1.29 is 70.6 Å². The van der Waals surface area contributed by atoms with E-state index in [1.54, 1.807) is 0 Å². The first kappa shape index (κ1) is 42.1. The van der Waals surface area contributed by atoms with E-state index in [1.807, 2.05) is 0 Å². The van der Waals surface area contributed by atoms with Crippen LogP contribution in [0.4, 0.5) is 46.5 Å². The lowest BCUT2D eigenvalue weighted by molar-refractivity contribution is -0.403. The Bertz CT molecular complexity index is 1570. The maximum Gasteiger partial charge on any atom is 0.343 e. The van der Waals surface area contributed by atoms with Crippen molar-refractivity contribution in [2.75, 3.05) is 22.9 Å². The van der Waals surface area contributed by atoms with E-state index in [9.17, 15) is 60.3 Å². The number of rotatable bonds is 6. The number of nitrogen functional groups attached to an aromatic ring is 4. The number of non-ortho nitro benzene ring substituents is 2. The van der Waals surface area contributed by atoms with Crippen molar-refractivity contribution in [2.45, 2.75) is 0 Å². The quantitative estimate of drug-likeness (QED) is 0.0700. The lowest BCUT2D eigenvalue weighted by Gasteiger charge is -2.09. The Balaban J connectivity index is 0. The van der Waals surface area contributed by atoms with E-state index in [0.717, 1.165) is 0 Å². The maximum atomic E-state index is 11.2. The van der Waals surface area contributed by atoms with Gasteiger partial charge in [0.05, 0.1) is 43.0 Å². The topological polar surface area (TPSA) is 546 Å². The first-order chi connectivity index (χ1) is 21.3. The average molecular weight is 690 g/mol. The molecule has 4 rings (SSSR count). The number of carboxylic acid groups (broad SMARTS) is 2. The van der Waals surface area contributed by atoms with Crippen molar-refractivity contribution in [1.82, 2.24) is 20.4 Å². The molecule has 0 radical (unpaired) electrons. The Hall–Kier alpha value is -8.02. The van der Waals surface area contributed by atoms with Crippen molar-refractivity contribution in [2.24, 2.45) is 0 Å². The van der Waals surface area contributed by atoms with E-state index in [2.05, 4.69) is 30.4 Å². The number of H-pyrrole nitrogens is 4. The Kier molecular flexibility index (Phi) is 15.7. The van der Waals surface area contributed by atoms with E-state index < -0.39 is 77.0 Å². The molecule has 0 saturated carbocycles. The van der Waals surface area contributed by atoms with E-state index in [1.165, 1.54) is 0 Å². The minimum Gasteiger partial charge on any atom is -0.867 e. The number of hydrogen-bond acceptors (Lipinski definition) is 18. The van der Waals surface area contributed by atoms with Gasteiger partial charge in [0, 0.05) is 12.1 Å². The molecule has 2 heterocycles. The minimum absolute atomic E-state index is 0. The molecule has 2 aromatic carbocycles. The summed E-state index contributed by atoms with van der Waals surface area (Å²) in [6.07, 6.45) is 0. The van der Waals surface area contributed by atoms with Gasteiger partial charge in [0.15, 0.2) is 0 Å². The van der Waals surface area contributed by atoms with Crippen molar-refractivity contribution in [1.29, 1.82) is 0 Å². The summed E-state index contributed by atoms with van der Waals surface area (Å²) in [5.41, 5.74) is 14.6. The molecule has 260 valence electrons. The van der Waals surface area contributed by atoms with Gasteiger partial charge in [-0.25, -0.2) is 19.6 Å². The zero-order valence-electron chi connectivity index (χ0n) is 23.1. The smallest absolute Gasteiger partial charge is 0.343 e. The molecule has 48 heavy (non-hydrogen) atoms. The number of benzene rings is 2. The van der Waals surface area contributed by atoms with Gasteiger partial charge < -0.3 is 54.3 Å². The Morgan fingerprint density at radius 2 is 0.917 bits per heavy atom. The van der Waals surface area contributed by atoms with Gasteiger partial charge in [-0.3, -0.25) is 40.5 Å². The molecule has 0 bridgehead atoms. The Morgan fingerprint density at radius 1 is 0.625 bits per heavy atom. The molecular formula is C18H22N14O16. The zero-order valence-corrected chi connectivity index (χ0v) is 23.1. The third kappa shape index (κ3) is 11.9. The number of aromatic carboxylic acids is 2. The molecule has 0 saturated heterocycles. The summed E-state index contributed by atoms with van der Waals surface area (Å²) in [7, 11) is 0. The van der Waals surface area contributed by atoms with Crippen LogP contribution in [-0.2, 0) is 0 Å². The number of nitrogens with one attached hydrogen (secondary N) is 4. The van der Waals surface area contributed by atoms with E-state index >= 15 is 0 Å². The molecule has 0 amide bonds. The van der Waals surface area contributed by atoms with Gasteiger partial charge in [-0.15, -0.1) is 0 Å². The zero-order chi connectivity index (χ0) is 35.5. The number of nitro benzene ring substituents is 4. The van der Waals surface area contributed by atoms with Crippen LogP contribution < -0.4 is 43.1 Å². The molecule has 30 nitrogen and oxygen atoms in total. The predicted octanol–water partition coefficient (Wildman–Crippen LogP) is -4.32. The van der Waals surface area contributed by atoms with E-state index in [0.29, 0.717) is 48.1 Å². The second-order valence-electron chi connectivity index (χ2n) is 7.62. The van der Waals surface area contributed by atoms with Gasteiger partial charge in [0.25, 0.3) is 22.7 Å². The summed E-state index contributed by atoms with van der Waals surface area (Å²) in [5, 5.41) is 92.7. The number of nitrogens with zero attached hydrogens (tertiary/aromatic N) is 6. The van der Waals surface area contributed by atoms with Crippen LogP contribution in [0.1, 0.15) is 20.7 Å². The Labute approximate surface area is 260 Å². The number of aromatic nitrogens is 6. The molecule has 4 aromatic rings. The highest BCUT2D eigenvalue weighted by atomic mass is 16.6. The van der Waals surface area contributed by atoms with Crippen LogP contribution in [0.25, 0.3) is 0 Å². The van der Waals surface area contributed by atoms with Crippen LogP contribution >= 0.6 is 0 Å². The third-order valence-electron chi connectivity index (χ3n) is 4.50. The summed E-state index contributed by atoms with van der Waals surface area (Å²) in [5.74, 6) is -4.87. The summed E-state index contributed by atoms with van der Waals surface area (Å²) in [6, 6.07) is 1.82. The van der Waals surface area contributed by atoms with E-state index in [4.69, 9.17) is 33.1 Å². The molecule has 0 aliphatic carbocycles. The SMILES string of the molecule is Nc1n[nH]c(N)[nH+]1.Nc1n[nH]c(N)[nH+]1.O.O.O=C(O)c1cc([N+](=O)[O-])cc([N+](=O)[O-])c1[O-].O=C(O)c1cc([N+](=O)[O-])cc([N+](=O)[O-])c1[O-]. The Morgan fingerprint density at radius 3 is 1.06 bits per heavy atom.